The summed E-state index contributed by atoms with van der Waals surface area (Å²) in [5, 5.41) is 7.23. The van der Waals surface area contributed by atoms with Crippen molar-refractivity contribution in [1.82, 2.24) is 19.4 Å². The summed E-state index contributed by atoms with van der Waals surface area (Å²) < 4.78 is 29.1. The molecule has 0 unspecified atom stereocenters. The highest BCUT2D eigenvalue weighted by Gasteiger charge is 2.31. The first-order chi connectivity index (χ1) is 13.3. The van der Waals surface area contributed by atoms with Crippen LogP contribution in [0.4, 0.5) is 0 Å². The van der Waals surface area contributed by atoms with E-state index >= 15 is 0 Å². The predicted molar refractivity (Wildman–Crippen MR) is 110 cm³/mol. The van der Waals surface area contributed by atoms with Gasteiger partial charge in [-0.2, -0.15) is 9.40 Å². The van der Waals surface area contributed by atoms with E-state index in [4.69, 9.17) is 0 Å². The largest absolute Gasteiger partial charge is 0.350 e. The normalized spacial score (nSPS) is 15.7. The molecule has 0 bridgehead atoms. The molecule has 0 saturated carbocycles. The van der Waals surface area contributed by atoms with E-state index in [1.165, 1.54) is 9.56 Å². The van der Waals surface area contributed by atoms with Crippen LogP contribution in [0.5, 0.6) is 0 Å². The van der Waals surface area contributed by atoms with Gasteiger partial charge in [0.1, 0.15) is 11.4 Å². The summed E-state index contributed by atoms with van der Waals surface area (Å²) in [6, 6.07) is 4.10. The molecule has 1 aliphatic rings. The highest BCUT2D eigenvalue weighted by Crippen LogP contribution is 2.26. The lowest BCUT2D eigenvalue weighted by Crippen LogP contribution is -2.36. The highest BCUT2D eigenvalue weighted by molar-refractivity contribution is 7.89. The van der Waals surface area contributed by atoms with Crippen LogP contribution in [0.2, 0.25) is 0 Å². The Balaban J connectivity index is 1.69. The van der Waals surface area contributed by atoms with Gasteiger partial charge in [0.2, 0.25) is 15.9 Å². The first-order valence-electron chi connectivity index (χ1n) is 9.71. The number of carbonyl (C=O) groups excluding carboxylic acids is 1. The zero-order valence-electron chi connectivity index (χ0n) is 16.7. The van der Waals surface area contributed by atoms with Crippen LogP contribution >= 0.6 is 11.3 Å². The second kappa shape index (κ2) is 8.75. The summed E-state index contributed by atoms with van der Waals surface area (Å²) in [5.74, 6) is -0.182. The third kappa shape index (κ3) is 4.47. The zero-order valence-corrected chi connectivity index (χ0v) is 18.3. The van der Waals surface area contributed by atoms with Crippen molar-refractivity contribution in [3.8, 4) is 0 Å². The molecule has 3 rings (SSSR count). The van der Waals surface area contributed by atoms with Crippen molar-refractivity contribution in [3.63, 3.8) is 0 Å². The van der Waals surface area contributed by atoms with Gasteiger partial charge in [-0.3, -0.25) is 9.48 Å². The molecule has 1 amide bonds. The summed E-state index contributed by atoms with van der Waals surface area (Å²) in [5.41, 5.74) is 0.962. The van der Waals surface area contributed by atoms with Crippen molar-refractivity contribution < 1.29 is 13.2 Å². The molecule has 0 radical (unpaired) electrons. The Labute approximate surface area is 170 Å². The molecule has 0 aliphatic carbocycles. The monoisotopic (exact) mass is 424 g/mol. The van der Waals surface area contributed by atoms with E-state index < -0.39 is 10.0 Å². The summed E-state index contributed by atoms with van der Waals surface area (Å²) >= 11 is 1.69. The number of rotatable bonds is 7. The second-order valence-electron chi connectivity index (χ2n) is 7.12. The van der Waals surface area contributed by atoms with Crippen LogP contribution in [0.3, 0.4) is 0 Å². The van der Waals surface area contributed by atoms with Gasteiger partial charge in [-0.05, 0) is 45.2 Å². The Morgan fingerprint density at radius 3 is 2.50 bits per heavy atom. The molecule has 2 aromatic heterocycles. The van der Waals surface area contributed by atoms with Gasteiger partial charge in [-0.25, -0.2) is 8.42 Å². The van der Waals surface area contributed by atoms with Crippen molar-refractivity contribution >= 4 is 27.3 Å². The van der Waals surface area contributed by atoms with Crippen molar-refractivity contribution in [1.29, 1.82) is 0 Å². The predicted octanol–water partition coefficient (Wildman–Crippen LogP) is 2.61. The number of nitrogens with zero attached hydrogens (tertiary/aromatic N) is 3. The molecule has 2 aromatic rings. The van der Waals surface area contributed by atoms with Gasteiger partial charge in [-0.1, -0.05) is 13.3 Å². The molecule has 1 saturated heterocycles. The smallest absolute Gasteiger partial charge is 0.246 e. The summed E-state index contributed by atoms with van der Waals surface area (Å²) in [4.78, 5) is 15.0. The second-order valence-corrected chi connectivity index (χ2v) is 10.2. The molecule has 0 aromatic carbocycles. The standard InChI is InChI=1S/C19H28N4O3S2/c1-4-16-8-9-17(27-16)12-20-18(24)13-23-15(3)19(14(2)21-23)28(25,26)22-10-6-5-7-11-22/h8-9H,4-7,10-13H2,1-3H3,(H,20,24). The van der Waals surface area contributed by atoms with E-state index in [0.29, 0.717) is 31.0 Å². The molecule has 1 fully saturated rings. The maximum absolute atomic E-state index is 13.0. The van der Waals surface area contributed by atoms with Crippen molar-refractivity contribution in [2.24, 2.45) is 0 Å². The van der Waals surface area contributed by atoms with Gasteiger partial charge in [0.05, 0.1) is 17.9 Å². The minimum absolute atomic E-state index is 0.00814. The average Bonchev–Trinajstić information content (AvgIpc) is 3.25. The van der Waals surface area contributed by atoms with Gasteiger partial charge in [-0.15, -0.1) is 11.3 Å². The number of piperidine rings is 1. The lowest BCUT2D eigenvalue weighted by atomic mass is 10.2. The van der Waals surface area contributed by atoms with Crippen LogP contribution < -0.4 is 5.32 Å². The fourth-order valence-electron chi connectivity index (χ4n) is 3.53. The third-order valence-electron chi connectivity index (χ3n) is 5.05. The molecular formula is C19H28N4O3S2. The Hall–Kier alpha value is -1.71. The first kappa shape index (κ1) is 21.0. The summed E-state index contributed by atoms with van der Waals surface area (Å²) in [6.07, 6.45) is 3.82. The van der Waals surface area contributed by atoms with Crippen molar-refractivity contribution in [2.75, 3.05) is 13.1 Å². The Morgan fingerprint density at radius 2 is 1.86 bits per heavy atom. The van der Waals surface area contributed by atoms with E-state index in [1.54, 1.807) is 29.5 Å². The van der Waals surface area contributed by atoms with E-state index in [-0.39, 0.29) is 17.3 Å². The number of sulfonamides is 1. The van der Waals surface area contributed by atoms with Crippen LogP contribution in [-0.4, -0.2) is 41.5 Å². The first-order valence-corrected chi connectivity index (χ1v) is 12.0. The maximum atomic E-state index is 13.0. The number of aromatic nitrogens is 2. The summed E-state index contributed by atoms with van der Waals surface area (Å²) in [7, 11) is -3.57. The SMILES string of the molecule is CCc1ccc(CNC(=O)Cn2nc(C)c(S(=O)(=O)N3CCCCC3)c2C)s1. The van der Waals surface area contributed by atoms with Crippen LogP contribution in [0.25, 0.3) is 0 Å². The third-order valence-corrected chi connectivity index (χ3v) is 8.43. The van der Waals surface area contributed by atoms with E-state index in [2.05, 4.69) is 23.4 Å². The Bertz CT molecular complexity index is 941. The Kier molecular flexibility index (Phi) is 6.57. The molecule has 3 heterocycles. The number of hydrogen-bond donors (Lipinski definition) is 1. The van der Waals surface area contributed by atoms with Gasteiger partial charge in [0.25, 0.3) is 0 Å². The fourth-order valence-corrected chi connectivity index (χ4v) is 6.31. The summed E-state index contributed by atoms with van der Waals surface area (Å²) in [6.45, 7) is 7.09. The van der Waals surface area contributed by atoms with Crippen molar-refractivity contribution in [3.05, 3.63) is 33.3 Å². The van der Waals surface area contributed by atoms with Gasteiger partial charge >= 0.3 is 0 Å². The number of thiophene rings is 1. The molecule has 9 heteroatoms. The van der Waals surface area contributed by atoms with Crippen molar-refractivity contribution in [2.45, 2.75) is 64.4 Å². The molecule has 28 heavy (non-hydrogen) atoms. The highest BCUT2D eigenvalue weighted by atomic mass is 32.2. The van der Waals surface area contributed by atoms with Gasteiger partial charge in [0, 0.05) is 22.8 Å². The Morgan fingerprint density at radius 1 is 1.18 bits per heavy atom. The van der Waals surface area contributed by atoms with Crippen LogP contribution in [0.15, 0.2) is 17.0 Å². The topological polar surface area (TPSA) is 84.3 Å². The fraction of sp³-hybridized carbons (Fsp3) is 0.579. The van der Waals surface area contributed by atoms with Crippen LogP contribution in [0, 0.1) is 13.8 Å². The minimum Gasteiger partial charge on any atom is -0.350 e. The molecular weight excluding hydrogens is 396 g/mol. The number of aryl methyl sites for hydroxylation is 2. The maximum Gasteiger partial charge on any atom is 0.246 e. The van der Waals surface area contributed by atoms with E-state index in [0.717, 1.165) is 30.6 Å². The van der Waals surface area contributed by atoms with E-state index in [1.807, 2.05) is 6.07 Å². The number of amides is 1. The van der Waals surface area contributed by atoms with E-state index in [9.17, 15) is 13.2 Å². The number of carbonyl (C=O) groups is 1. The molecule has 1 N–H and O–H groups in total. The molecule has 7 nitrogen and oxygen atoms in total. The zero-order chi connectivity index (χ0) is 20.3. The minimum atomic E-state index is -3.57. The molecule has 0 spiro atoms. The molecule has 154 valence electrons. The lowest BCUT2D eigenvalue weighted by Gasteiger charge is -2.25. The average molecular weight is 425 g/mol. The van der Waals surface area contributed by atoms with Gasteiger partial charge < -0.3 is 5.32 Å². The van der Waals surface area contributed by atoms with Crippen LogP contribution in [0.1, 0.15) is 47.3 Å². The quantitative estimate of drug-likeness (QED) is 0.740. The number of hydrogen-bond acceptors (Lipinski definition) is 5. The number of nitrogens with one attached hydrogen (secondary N) is 1. The lowest BCUT2D eigenvalue weighted by molar-refractivity contribution is -0.122. The molecule has 1 aliphatic heterocycles. The van der Waals surface area contributed by atoms with Crippen LogP contribution in [-0.2, 0) is 34.3 Å². The van der Waals surface area contributed by atoms with Gasteiger partial charge in [0.15, 0.2) is 0 Å². The molecule has 0 atom stereocenters.